The average molecular weight is 174 g/mol. The second-order valence-corrected chi connectivity index (χ2v) is 3.06. The monoisotopic (exact) mass is 174 g/mol. The van der Waals surface area contributed by atoms with Crippen LogP contribution in [0.25, 0.3) is 0 Å². The molecule has 0 bridgehead atoms. The SMILES string of the molecule is COCCON1CCN(C)CC1. The van der Waals surface area contributed by atoms with Crippen LogP contribution in [0.15, 0.2) is 0 Å². The Labute approximate surface area is 74.0 Å². The van der Waals surface area contributed by atoms with Gasteiger partial charge in [0.1, 0.15) is 0 Å². The minimum absolute atomic E-state index is 0.667. The first kappa shape index (κ1) is 9.92. The van der Waals surface area contributed by atoms with Gasteiger partial charge in [0.15, 0.2) is 0 Å². The number of methoxy groups -OCH3 is 1. The van der Waals surface area contributed by atoms with Crippen molar-refractivity contribution in [1.82, 2.24) is 9.96 Å². The summed E-state index contributed by atoms with van der Waals surface area (Å²) in [6.45, 7) is 5.52. The van der Waals surface area contributed by atoms with Gasteiger partial charge in [0.25, 0.3) is 0 Å². The van der Waals surface area contributed by atoms with Gasteiger partial charge >= 0.3 is 0 Å². The summed E-state index contributed by atoms with van der Waals surface area (Å²) in [5.74, 6) is 0. The first-order chi connectivity index (χ1) is 5.83. The molecule has 0 aliphatic carbocycles. The van der Waals surface area contributed by atoms with Gasteiger partial charge < -0.3 is 9.64 Å². The molecule has 1 aliphatic rings. The van der Waals surface area contributed by atoms with Gasteiger partial charge in [-0.15, -0.1) is 0 Å². The molecule has 1 heterocycles. The molecule has 0 spiro atoms. The molecule has 1 saturated heterocycles. The molecule has 0 saturated carbocycles. The number of piperazine rings is 1. The summed E-state index contributed by atoms with van der Waals surface area (Å²) in [5, 5.41) is 2.01. The number of ether oxygens (including phenoxy) is 1. The summed E-state index contributed by atoms with van der Waals surface area (Å²) in [6.07, 6.45) is 0. The smallest absolute Gasteiger partial charge is 0.0918 e. The summed E-state index contributed by atoms with van der Waals surface area (Å²) >= 11 is 0. The van der Waals surface area contributed by atoms with E-state index in [1.807, 2.05) is 5.06 Å². The van der Waals surface area contributed by atoms with Crippen LogP contribution in [-0.4, -0.2) is 63.5 Å². The van der Waals surface area contributed by atoms with Crippen LogP contribution in [0.5, 0.6) is 0 Å². The van der Waals surface area contributed by atoms with E-state index in [-0.39, 0.29) is 0 Å². The lowest BCUT2D eigenvalue weighted by atomic mass is 10.4. The molecule has 1 rings (SSSR count). The molecule has 12 heavy (non-hydrogen) atoms. The van der Waals surface area contributed by atoms with Crippen molar-refractivity contribution in [1.29, 1.82) is 0 Å². The highest BCUT2D eigenvalue weighted by molar-refractivity contribution is 4.62. The fraction of sp³-hybridized carbons (Fsp3) is 1.00. The van der Waals surface area contributed by atoms with Gasteiger partial charge in [0.2, 0.25) is 0 Å². The Morgan fingerprint density at radius 2 is 1.75 bits per heavy atom. The molecule has 0 unspecified atom stereocenters. The highest BCUT2D eigenvalue weighted by Gasteiger charge is 2.13. The Morgan fingerprint density at radius 1 is 1.08 bits per heavy atom. The van der Waals surface area contributed by atoms with Crippen LogP contribution in [0.3, 0.4) is 0 Å². The minimum Gasteiger partial charge on any atom is -0.382 e. The third kappa shape index (κ3) is 3.49. The third-order valence-corrected chi connectivity index (χ3v) is 2.02. The predicted molar refractivity (Wildman–Crippen MR) is 46.9 cm³/mol. The zero-order valence-corrected chi connectivity index (χ0v) is 7.95. The molecule has 0 aromatic rings. The summed E-state index contributed by atoms with van der Waals surface area (Å²) in [4.78, 5) is 7.76. The molecule has 72 valence electrons. The Balaban J connectivity index is 2.01. The number of likely N-dealkylation sites (N-methyl/N-ethyl adjacent to an activating group) is 1. The lowest BCUT2D eigenvalue weighted by molar-refractivity contribution is -0.182. The predicted octanol–water partition coefficient (Wildman–Crippen LogP) is -0.188. The first-order valence-electron chi connectivity index (χ1n) is 4.38. The fourth-order valence-electron chi connectivity index (χ4n) is 1.17. The third-order valence-electron chi connectivity index (χ3n) is 2.02. The maximum Gasteiger partial charge on any atom is 0.0918 e. The fourth-order valence-corrected chi connectivity index (χ4v) is 1.17. The summed E-state index contributed by atoms with van der Waals surface area (Å²) in [6, 6.07) is 0. The largest absolute Gasteiger partial charge is 0.382 e. The van der Waals surface area contributed by atoms with E-state index in [2.05, 4.69) is 11.9 Å². The van der Waals surface area contributed by atoms with Gasteiger partial charge in [0.05, 0.1) is 13.2 Å². The molecule has 0 radical (unpaired) electrons. The van der Waals surface area contributed by atoms with Crippen molar-refractivity contribution in [2.45, 2.75) is 0 Å². The minimum atomic E-state index is 0.667. The van der Waals surface area contributed by atoms with Crippen molar-refractivity contribution in [2.24, 2.45) is 0 Å². The van der Waals surface area contributed by atoms with Gasteiger partial charge in [-0.1, -0.05) is 0 Å². The van der Waals surface area contributed by atoms with E-state index >= 15 is 0 Å². The van der Waals surface area contributed by atoms with Crippen LogP contribution in [0.2, 0.25) is 0 Å². The number of hydrogen-bond donors (Lipinski definition) is 0. The zero-order chi connectivity index (χ0) is 8.81. The Kier molecular flexibility index (Phi) is 4.53. The van der Waals surface area contributed by atoms with Crippen LogP contribution >= 0.6 is 0 Å². The standard InChI is InChI=1S/C8H18N2O2/c1-9-3-5-10(6-4-9)12-8-7-11-2/h3-8H2,1-2H3. The lowest BCUT2D eigenvalue weighted by Gasteiger charge is -2.31. The van der Waals surface area contributed by atoms with Crippen molar-refractivity contribution in [3.8, 4) is 0 Å². The highest BCUT2D eigenvalue weighted by atomic mass is 16.7. The number of hydroxylamine groups is 2. The van der Waals surface area contributed by atoms with Crippen molar-refractivity contribution in [3.05, 3.63) is 0 Å². The van der Waals surface area contributed by atoms with Gasteiger partial charge in [-0.2, -0.15) is 5.06 Å². The van der Waals surface area contributed by atoms with E-state index in [9.17, 15) is 0 Å². The van der Waals surface area contributed by atoms with Crippen LogP contribution in [0.1, 0.15) is 0 Å². The molecule has 1 fully saturated rings. The maximum atomic E-state index is 5.45. The maximum absolute atomic E-state index is 5.45. The van der Waals surface area contributed by atoms with Gasteiger partial charge in [-0.3, -0.25) is 4.84 Å². The molecular formula is C8H18N2O2. The Hall–Kier alpha value is -0.160. The van der Waals surface area contributed by atoms with Crippen LogP contribution in [0, 0.1) is 0 Å². The van der Waals surface area contributed by atoms with Crippen LogP contribution in [0.4, 0.5) is 0 Å². The molecule has 0 aromatic heterocycles. The topological polar surface area (TPSA) is 24.9 Å². The van der Waals surface area contributed by atoms with E-state index in [1.54, 1.807) is 7.11 Å². The van der Waals surface area contributed by atoms with E-state index < -0.39 is 0 Å². The summed E-state index contributed by atoms with van der Waals surface area (Å²) in [5.41, 5.74) is 0. The molecule has 1 aliphatic heterocycles. The Bertz CT molecular complexity index is 114. The number of hydrogen-bond acceptors (Lipinski definition) is 4. The summed E-state index contributed by atoms with van der Waals surface area (Å²) < 4.78 is 4.89. The molecule has 4 nitrogen and oxygen atoms in total. The zero-order valence-electron chi connectivity index (χ0n) is 7.95. The van der Waals surface area contributed by atoms with E-state index in [0.29, 0.717) is 13.2 Å². The highest BCUT2D eigenvalue weighted by Crippen LogP contribution is 1.98. The van der Waals surface area contributed by atoms with Gasteiger partial charge in [-0.25, -0.2) is 0 Å². The van der Waals surface area contributed by atoms with Crippen molar-refractivity contribution in [3.63, 3.8) is 0 Å². The molecule has 0 atom stereocenters. The van der Waals surface area contributed by atoms with Crippen molar-refractivity contribution in [2.75, 3.05) is 53.6 Å². The quantitative estimate of drug-likeness (QED) is 0.552. The van der Waals surface area contributed by atoms with Crippen molar-refractivity contribution >= 4 is 0 Å². The van der Waals surface area contributed by atoms with Crippen LogP contribution in [-0.2, 0) is 9.57 Å². The summed E-state index contributed by atoms with van der Waals surface area (Å²) in [7, 11) is 3.82. The van der Waals surface area contributed by atoms with Crippen LogP contribution < -0.4 is 0 Å². The number of rotatable bonds is 4. The molecule has 0 aromatic carbocycles. The molecule has 0 amide bonds. The van der Waals surface area contributed by atoms with Crippen molar-refractivity contribution < 1.29 is 9.57 Å². The average Bonchev–Trinajstić information content (AvgIpc) is 2.09. The van der Waals surface area contributed by atoms with Gasteiger partial charge in [0, 0.05) is 33.3 Å². The molecular weight excluding hydrogens is 156 g/mol. The Morgan fingerprint density at radius 3 is 2.33 bits per heavy atom. The first-order valence-corrected chi connectivity index (χ1v) is 4.38. The van der Waals surface area contributed by atoms with E-state index in [0.717, 1.165) is 26.2 Å². The van der Waals surface area contributed by atoms with Gasteiger partial charge in [-0.05, 0) is 7.05 Å². The van der Waals surface area contributed by atoms with E-state index in [4.69, 9.17) is 9.57 Å². The second kappa shape index (κ2) is 5.48. The second-order valence-electron chi connectivity index (χ2n) is 3.06. The normalized spacial score (nSPS) is 21.5. The molecule has 0 N–H and O–H groups in total. The molecule has 4 heteroatoms. The lowest BCUT2D eigenvalue weighted by Crippen LogP contribution is -2.44. The number of nitrogens with zero attached hydrogens (tertiary/aromatic N) is 2. The van der Waals surface area contributed by atoms with E-state index in [1.165, 1.54) is 0 Å².